The second-order valence-corrected chi connectivity index (χ2v) is 5.98. The van der Waals surface area contributed by atoms with E-state index in [9.17, 15) is 0 Å². The molecule has 1 unspecified atom stereocenters. The fraction of sp³-hybridized carbons (Fsp3) is 1.00. The standard InChI is InChI=1S/C14H29N/c1-10(2)12-6-8-13(9-7-12)14(15-5)11(3)4/h10-15H,6-9H2,1-5H3. The van der Waals surface area contributed by atoms with E-state index in [1.165, 1.54) is 25.7 Å². The van der Waals surface area contributed by atoms with E-state index in [1.807, 2.05) is 0 Å². The molecule has 1 N–H and O–H groups in total. The molecular formula is C14H29N. The lowest BCUT2D eigenvalue weighted by atomic mass is 9.73. The van der Waals surface area contributed by atoms with Gasteiger partial charge in [-0.05, 0) is 56.4 Å². The van der Waals surface area contributed by atoms with Crippen molar-refractivity contribution in [2.75, 3.05) is 7.05 Å². The third-order valence-electron chi connectivity index (χ3n) is 4.32. The molecule has 1 atom stereocenters. The summed E-state index contributed by atoms with van der Waals surface area (Å²) in [5.74, 6) is 3.57. The largest absolute Gasteiger partial charge is 0.316 e. The summed E-state index contributed by atoms with van der Waals surface area (Å²) in [6.07, 6.45) is 5.78. The van der Waals surface area contributed by atoms with Crippen molar-refractivity contribution in [1.82, 2.24) is 5.32 Å². The van der Waals surface area contributed by atoms with Crippen molar-refractivity contribution in [3.8, 4) is 0 Å². The van der Waals surface area contributed by atoms with Gasteiger partial charge < -0.3 is 5.32 Å². The van der Waals surface area contributed by atoms with E-state index in [0.717, 1.165) is 29.7 Å². The van der Waals surface area contributed by atoms with Crippen LogP contribution in [-0.2, 0) is 0 Å². The Kier molecular flexibility index (Phi) is 5.11. The van der Waals surface area contributed by atoms with Gasteiger partial charge in [0.1, 0.15) is 0 Å². The molecule has 0 spiro atoms. The lowest BCUT2D eigenvalue weighted by Gasteiger charge is -2.37. The molecule has 1 rings (SSSR count). The molecule has 1 nitrogen and oxygen atoms in total. The molecule has 1 heteroatoms. The second kappa shape index (κ2) is 5.89. The number of hydrogen-bond acceptors (Lipinski definition) is 1. The van der Waals surface area contributed by atoms with E-state index >= 15 is 0 Å². The Morgan fingerprint density at radius 1 is 0.867 bits per heavy atom. The van der Waals surface area contributed by atoms with Crippen molar-refractivity contribution >= 4 is 0 Å². The van der Waals surface area contributed by atoms with Crippen LogP contribution in [0, 0.1) is 23.7 Å². The van der Waals surface area contributed by atoms with Crippen molar-refractivity contribution in [2.24, 2.45) is 23.7 Å². The summed E-state index contributed by atoms with van der Waals surface area (Å²) in [6.45, 7) is 9.44. The van der Waals surface area contributed by atoms with Crippen molar-refractivity contribution in [1.29, 1.82) is 0 Å². The maximum absolute atomic E-state index is 3.52. The van der Waals surface area contributed by atoms with Gasteiger partial charge in [0, 0.05) is 6.04 Å². The Bertz CT molecular complexity index is 166. The Morgan fingerprint density at radius 3 is 1.67 bits per heavy atom. The first-order chi connectivity index (χ1) is 7.06. The van der Waals surface area contributed by atoms with Gasteiger partial charge in [-0.25, -0.2) is 0 Å². The van der Waals surface area contributed by atoms with Crippen LogP contribution in [-0.4, -0.2) is 13.1 Å². The predicted octanol–water partition coefficient (Wildman–Crippen LogP) is 3.69. The Hall–Kier alpha value is -0.0400. The zero-order valence-electron chi connectivity index (χ0n) is 11.2. The van der Waals surface area contributed by atoms with Gasteiger partial charge in [0.05, 0.1) is 0 Å². The van der Waals surface area contributed by atoms with Gasteiger partial charge in [0.25, 0.3) is 0 Å². The van der Waals surface area contributed by atoms with Crippen molar-refractivity contribution < 1.29 is 0 Å². The molecule has 0 amide bonds. The molecule has 0 heterocycles. The van der Waals surface area contributed by atoms with Crippen LogP contribution in [0.2, 0.25) is 0 Å². The van der Waals surface area contributed by atoms with Crippen LogP contribution in [0.5, 0.6) is 0 Å². The molecule has 1 aliphatic rings. The number of rotatable bonds is 4. The van der Waals surface area contributed by atoms with E-state index in [4.69, 9.17) is 0 Å². The summed E-state index contributed by atoms with van der Waals surface area (Å²) in [5, 5.41) is 3.52. The van der Waals surface area contributed by atoms with Crippen molar-refractivity contribution in [3.63, 3.8) is 0 Å². The first kappa shape index (κ1) is 13.0. The average molecular weight is 211 g/mol. The smallest absolute Gasteiger partial charge is 0.0115 e. The minimum atomic E-state index is 0.734. The highest BCUT2D eigenvalue weighted by molar-refractivity contribution is 4.83. The average Bonchev–Trinajstić information content (AvgIpc) is 2.19. The minimum Gasteiger partial charge on any atom is -0.316 e. The van der Waals surface area contributed by atoms with Crippen LogP contribution >= 0.6 is 0 Å². The molecule has 1 saturated carbocycles. The molecule has 90 valence electrons. The Morgan fingerprint density at radius 2 is 1.33 bits per heavy atom. The van der Waals surface area contributed by atoms with E-state index in [2.05, 4.69) is 40.1 Å². The van der Waals surface area contributed by atoms with E-state index in [-0.39, 0.29) is 0 Å². The van der Waals surface area contributed by atoms with Crippen molar-refractivity contribution in [2.45, 2.75) is 59.4 Å². The first-order valence-corrected chi connectivity index (χ1v) is 6.73. The molecule has 0 aliphatic heterocycles. The maximum Gasteiger partial charge on any atom is 0.0115 e. The summed E-state index contributed by atoms with van der Waals surface area (Å²) in [4.78, 5) is 0. The van der Waals surface area contributed by atoms with Gasteiger partial charge in [-0.3, -0.25) is 0 Å². The summed E-state index contributed by atoms with van der Waals surface area (Å²) in [5.41, 5.74) is 0. The molecule has 1 aliphatic carbocycles. The fourth-order valence-electron chi connectivity index (χ4n) is 3.28. The van der Waals surface area contributed by atoms with Gasteiger partial charge in [0.2, 0.25) is 0 Å². The van der Waals surface area contributed by atoms with Gasteiger partial charge >= 0.3 is 0 Å². The second-order valence-electron chi connectivity index (χ2n) is 5.98. The highest BCUT2D eigenvalue weighted by atomic mass is 14.9. The van der Waals surface area contributed by atoms with Crippen LogP contribution in [0.25, 0.3) is 0 Å². The maximum atomic E-state index is 3.52. The highest BCUT2D eigenvalue weighted by Crippen LogP contribution is 2.36. The molecule has 0 saturated heterocycles. The van der Waals surface area contributed by atoms with Crippen LogP contribution in [0.3, 0.4) is 0 Å². The number of nitrogens with one attached hydrogen (secondary N) is 1. The van der Waals surface area contributed by atoms with E-state index in [0.29, 0.717) is 0 Å². The van der Waals surface area contributed by atoms with Crippen LogP contribution in [0.1, 0.15) is 53.4 Å². The van der Waals surface area contributed by atoms with Crippen molar-refractivity contribution in [3.05, 3.63) is 0 Å². The Balaban J connectivity index is 2.42. The van der Waals surface area contributed by atoms with Crippen LogP contribution < -0.4 is 5.32 Å². The molecule has 0 aromatic carbocycles. The first-order valence-electron chi connectivity index (χ1n) is 6.73. The SMILES string of the molecule is CNC(C(C)C)C1CCC(C(C)C)CC1. The zero-order chi connectivity index (χ0) is 11.4. The zero-order valence-corrected chi connectivity index (χ0v) is 11.2. The van der Waals surface area contributed by atoms with Gasteiger partial charge in [-0.15, -0.1) is 0 Å². The monoisotopic (exact) mass is 211 g/mol. The topological polar surface area (TPSA) is 12.0 Å². The van der Waals surface area contributed by atoms with E-state index < -0.39 is 0 Å². The molecule has 15 heavy (non-hydrogen) atoms. The van der Waals surface area contributed by atoms with Crippen LogP contribution in [0.4, 0.5) is 0 Å². The summed E-state index contributed by atoms with van der Waals surface area (Å²) >= 11 is 0. The molecular weight excluding hydrogens is 182 g/mol. The predicted molar refractivity (Wildman–Crippen MR) is 68.0 cm³/mol. The quantitative estimate of drug-likeness (QED) is 0.748. The molecule has 0 bridgehead atoms. The van der Waals surface area contributed by atoms with E-state index in [1.54, 1.807) is 0 Å². The van der Waals surface area contributed by atoms with Crippen LogP contribution in [0.15, 0.2) is 0 Å². The van der Waals surface area contributed by atoms with Gasteiger partial charge in [-0.1, -0.05) is 27.7 Å². The molecule has 1 fully saturated rings. The summed E-state index contributed by atoms with van der Waals surface area (Å²) in [6, 6.07) is 0.734. The Labute approximate surface area is 96.0 Å². The fourth-order valence-corrected chi connectivity index (χ4v) is 3.28. The normalized spacial score (nSPS) is 29.8. The lowest BCUT2D eigenvalue weighted by Crippen LogP contribution is -2.40. The molecule has 0 aromatic rings. The summed E-state index contributed by atoms with van der Waals surface area (Å²) < 4.78 is 0. The molecule has 0 aromatic heterocycles. The third-order valence-corrected chi connectivity index (χ3v) is 4.32. The lowest BCUT2D eigenvalue weighted by molar-refractivity contribution is 0.171. The minimum absolute atomic E-state index is 0.734. The third kappa shape index (κ3) is 3.48. The summed E-state index contributed by atoms with van der Waals surface area (Å²) in [7, 11) is 2.12. The number of hydrogen-bond donors (Lipinski definition) is 1. The molecule has 0 radical (unpaired) electrons. The highest BCUT2D eigenvalue weighted by Gasteiger charge is 2.29. The van der Waals surface area contributed by atoms with Gasteiger partial charge in [0.15, 0.2) is 0 Å². The van der Waals surface area contributed by atoms with Gasteiger partial charge in [-0.2, -0.15) is 0 Å².